The molecule has 0 bridgehead atoms. The second kappa shape index (κ2) is 4.67. The third-order valence-corrected chi connectivity index (χ3v) is 0.966. The molecule has 1 nitrogen and oxygen atoms in total. The molecule has 0 rings (SSSR count). The molecule has 0 aliphatic rings. The maximum atomic E-state index is 10.3. The van der Waals surface area contributed by atoms with Gasteiger partial charge in [0.05, 0.1) is 0 Å². The quantitative estimate of drug-likeness (QED) is 0.319. The van der Waals surface area contributed by atoms with Gasteiger partial charge in [-0.15, -0.1) is 18.0 Å². The van der Waals surface area contributed by atoms with Gasteiger partial charge in [-0.05, 0) is 12.3 Å². The summed E-state index contributed by atoms with van der Waals surface area (Å²) in [6.45, 7) is 0. The average Bonchev–Trinajstić information content (AvgIpc) is 1.83. The lowest BCUT2D eigenvalue weighted by Crippen LogP contribution is -1.91. The van der Waals surface area contributed by atoms with E-state index in [9.17, 15) is 4.79 Å². The first-order valence-electron chi connectivity index (χ1n) is 2.36. The summed E-state index contributed by atoms with van der Waals surface area (Å²) in [5.41, 5.74) is 0. The number of hydrogen-bond acceptors (Lipinski definition) is 1. The van der Waals surface area contributed by atoms with E-state index >= 15 is 0 Å². The summed E-state index contributed by atoms with van der Waals surface area (Å²) in [6.07, 6.45) is 5.87. The van der Waals surface area contributed by atoms with E-state index in [2.05, 4.69) is 0 Å². The highest BCUT2D eigenvalue weighted by atomic mass is 35.5. The lowest BCUT2D eigenvalue weighted by molar-refractivity contribution is -0.113. The van der Waals surface area contributed by atoms with Crippen LogP contribution in [0, 0.1) is 12.3 Å². The molecule has 0 saturated carbocycles. The van der Waals surface area contributed by atoms with Gasteiger partial charge in [0.2, 0.25) is 5.78 Å². The zero-order valence-electron chi connectivity index (χ0n) is 4.48. The summed E-state index contributed by atoms with van der Waals surface area (Å²) in [7, 11) is 0. The molecule has 0 aliphatic carbocycles. The molecule has 0 unspecified atom stereocenters. The standard InChI is InChI=1S/C6H7ClO/c1-2-6(8)4-3-5-7/h1H,3-5H2. The third-order valence-electron chi connectivity index (χ3n) is 0.698. The first-order chi connectivity index (χ1) is 3.81. The number of carbonyl (C=O) groups is 1. The number of Topliss-reactive ketones (excluding diaryl/α,β-unsaturated/α-hetero) is 1. The molecule has 0 aromatic rings. The molecule has 0 aromatic carbocycles. The largest absolute Gasteiger partial charge is 0.285 e. The van der Waals surface area contributed by atoms with Gasteiger partial charge in [-0.2, -0.15) is 0 Å². The highest BCUT2D eigenvalue weighted by Gasteiger charge is 1.92. The molecular weight excluding hydrogens is 124 g/mol. The van der Waals surface area contributed by atoms with Crippen molar-refractivity contribution >= 4 is 17.4 Å². The van der Waals surface area contributed by atoms with Crippen molar-refractivity contribution in [2.75, 3.05) is 5.88 Å². The van der Waals surface area contributed by atoms with E-state index in [0.29, 0.717) is 18.7 Å². The summed E-state index contributed by atoms with van der Waals surface area (Å²) in [5, 5.41) is 0. The fourth-order valence-corrected chi connectivity index (χ4v) is 0.433. The smallest absolute Gasteiger partial charge is 0.205 e. The topological polar surface area (TPSA) is 17.1 Å². The van der Waals surface area contributed by atoms with Crippen molar-refractivity contribution in [3.63, 3.8) is 0 Å². The Balaban J connectivity index is 3.16. The number of carbonyl (C=O) groups excluding carboxylic acids is 1. The maximum absolute atomic E-state index is 10.3. The van der Waals surface area contributed by atoms with Crippen LogP contribution in [0.3, 0.4) is 0 Å². The molecule has 0 atom stereocenters. The number of alkyl halides is 1. The van der Waals surface area contributed by atoms with Gasteiger partial charge in [0, 0.05) is 12.3 Å². The Bertz CT molecular complexity index is 112. The SMILES string of the molecule is C#CC(=O)CCCCl. The number of halogens is 1. The van der Waals surface area contributed by atoms with Gasteiger partial charge in [-0.1, -0.05) is 0 Å². The van der Waals surface area contributed by atoms with Gasteiger partial charge in [0.1, 0.15) is 0 Å². The lowest BCUT2D eigenvalue weighted by Gasteiger charge is -1.84. The van der Waals surface area contributed by atoms with Gasteiger partial charge in [-0.3, -0.25) is 4.79 Å². The molecule has 0 aromatic heterocycles. The minimum Gasteiger partial charge on any atom is -0.285 e. The van der Waals surface area contributed by atoms with Crippen LogP contribution in [0.2, 0.25) is 0 Å². The van der Waals surface area contributed by atoms with E-state index in [1.165, 1.54) is 0 Å². The average molecular weight is 131 g/mol. The van der Waals surface area contributed by atoms with Crippen molar-refractivity contribution in [2.24, 2.45) is 0 Å². The predicted octanol–water partition coefficient (Wildman–Crippen LogP) is 1.21. The normalized spacial score (nSPS) is 8.00. The van der Waals surface area contributed by atoms with E-state index in [1.807, 2.05) is 5.92 Å². The van der Waals surface area contributed by atoms with Gasteiger partial charge < -0.3 is 0 Å². The molecular formula is C6H7ClO. The van der Waals surface area contributed by atoms with Crippen molar-refractivity contribution in [3.8, 4) is 12.3 Å². The van der Waals surface area contributed by atoms with Crippen LogP contribution in [0.25, 0.3) is 0 Å². The summed E-state index contributed by atoms with van der Waals surface area (Å²) in [5.74, 6) is 2.35. The van der Waals surface area contributed by atoms with Gasteiger partial charge in [0.25, 0.3) is 0 Å². The maximum Gasteiger partial charge on any atom is 0.205 e. The Morgan fingerprint density at radius 2 is 2.38 bits per heavy atom. The fraction of sp³-hybridized carbons (Fsp3) is 0.500. The van der Waals surface area contributed by atoms with Crippen molar-refractivity contribution in [1.82, 2.24) is 0 Å². The minimum atomic E-state index is -0.161. The molecule has 0 heterocycles. The van der Waals surface area contributed by atoms with Crippen LogP contribution in [0.1, 0.15) is 12.8 Å². The predicted molar refractivity (Wildman–Crippen MR) is 33.8 cm³/mol. The van der Waals surface area contributed by atoms with Gasteiger partial charge >= 0.3 is 0 Å². The van der Waals surface area contributed by atoms with Crippen LogP contribution in [0.4, 0.5) is 0 Å². The molecule has 0 N–H and O–H groups in total. The minimum absolute atomic E-state index is 0.161. The molecule has 44 valence electrons. The van der Waals surface area contributed by atoms with Crippen molar-refractivity contribution in [2.45, 2.75) is 12.8 Å². The van der Waals surface area contributed by atoms with Crippen molar-refractivity contribution in [3.05, 3.63) is 0 Å². The van der Waals surface area contributed by atoms with Crippen molar-refractivity contribution in [1.29, 1.82) is 0 Å². The number of terminal acetylenes is 1. The van der Waals surface area contributed by atoms with Crippen LogP contribution in [-0.2, 0) is 4.79 Å². The zero-order valence-corrected chi connectivity index (χ0v) is 5.24. The molecule has 0 spiro atoms. The molecule has 2 heteroatoms. The molecule has 0 aliphatic heterocycles. The summed E-state index contributed by atoms with van der Waals surface area (Å²) >= 11 is 5.28. The zero-order chi connectivity index (χ0) is 6.41. The second-order valence-electron chi connectivity index (χ2n) is 1.36. The van der Waals surface area contributed by atoms with E-state index in [4.69, 9.17) is 18.0 Å². The Kier molecular flexibility index (Phi) is 4.39. The van der Waals surface area contributed by atoms with Crippen molar-refractivity contribution < 1.29 is 4.79 Å². The number of rotatable bonds is 3. The van der Waals surface area contributed by atoms with Gasteiger partial charge in [-0.25, -0.2) is 0 Å². The molecule has 8 heavy (non-hydrogen) atoms. The van der Waals surface area contributed by atoms with Crippen LogP contribution in [0.5, 0.6) is 0 Å². The van der Waals surface area contributed by atoms with E-state index in [0.717, 1.165) is 0 Å². The second-order valence-corrected chi connectivity index (χ2v) is 1.74. The number of hydrogen-bond donors (Lipinski definition) is 0. The van der Waals surface area contributed by atoms with Crippen LogP contribution in [-0.4, -0.2) is 11.7 Å². The van der Waals surface area contributed by atoms with Crippen LogP contribution >= 0.6 is 11.6 Å². The van der Waals surface area contributed by atoms with E-state index in [-0.39, 0.29) is 5.78 Å². The fourth-order valence-electron chi connectivity index (χ4n) is 0.300. The monoisotopic (exact) mass is 130 g/mol. The van der Waals surface area contributed by atoms with Crippen LogP contribution in [0.15, 0.2) is 0 Å². The first-order valence-corrected chi connectivity index (χ1v) is 2.90. The van der Waals surface area contributed by atoms with E-state index < -0.39 is 0 Å². The first kappa shape index (κ1) is 7.52. The summed E-state index contributed by atoms with van der Waals surface area (Å²) < 4.78 is 0. The van der Waals surface area contributed by atoms with Gasteiger partial charge in [0.15, 0.2) is 0 Å². The molecule has 0 fully saturated rings. The lowest BCUT2D eigenvalue weighted by atomic mass is 10.2. The Labute approximate surface area is 54.0 Å². The third kappa shape index (κ3) is 3.70. The van der Waals surface area contributed by atoms with Crippen LogP contribution < -0.4 is 0 Å². The summed E-state index contributed by atoms with van der Waals surface area (Å²) in [4.78, 5) is 10.3. The Morgan fingerprint density at radius 3 is 2.75 bits per heavy atom. The molecule has 0 saturated heterocycles. The summed E-state index contributed by atoms with van der Waals surface area (Å²) in [6, 6.07) is 0. The van der Waals surface area contributed by atoms with E-state index in [1.54, 1.807) is 0 Å². The highest BCUT2D eigenvalue weighted by Crippen LogP contribution is 1.91. The Hall–Kier alpha value is -0.480. The Morgan fingerprint density at radius 1 is 1.75 bits per heavy atom. The molecule has 0 radical (unpaired) electrons. The number of ketones is 1. The highest BCUT2D eigenvalue weighted by molar-refractivity contribution is 6.18. The molecule has 0 amide bonds.